The summed E-state index contributed by atoms with van der Waals surface area (Å²) in [5, 5.41) is 10.7. The number of benzene rings is 2. The Morgan fingerprint density at radius 2 is 1.91 bits per heavy atom. The van der Waals surface area contributed by atoms with Crippen molar-refractivity contribution < 1.29 is 18.5 Å². The highest BCUT2D eigenvalue weighted by atomic mass is 35.5. The van der Waals surface area contributed by atoms with E-state index in [4.69, 9.17) is 11.6 Å². The maximum Gasteiger partial charge on any atom is 0.288 e. The number of nitro groups is 1. The Kier molecular flexibility index (Phi) is 4.62. The summed E-state index contributed by atoms with van der Waals surface area (Å²) in [5.74, 6) is -1.92. The average Bonchev–Trinajstić information content (AvgIpc) is 2.48. The van der Waals surface area contributed by atoms with Gasteiger partial charge < -0.3 is 0 Å². The highest BCUT2D eigenvalue weighted by Crippen LogP contribution is 2.25. The van der Waals surface area contributed by atoms with Gasteiger partial charge in [0.1, 0.15) is 16.7 Å². The molecular weight excluding hydrogens is 316 g/mol. The van der Waals surface area contributed by atoms with E-state index in [1.165, 1.54) is 12.1 Å². The molecule has 4 nitrogen and oxygen atoms in total. The van der Waals surface area contributed by atoms with Crippen LogP contribution < -0.4 is 0 Å². The van der Waals surface area contributed by atoms with Crippen LogP contribution in [0.25, 0.3) is 6.08 Å². The summed E-state index contributed by atoms with van der Waals surface area (Å²) in [5.41, 5.74) is -0.487. The second-order valence-corrected chi connectivity index (χ2v) is 4.69. The Bertz CT molecular complexity index is 790. The molecule has 0 fully saturated rings. The highest BCUT2D eigenvalue weighted by Gasteiger charge is 2.15. The molecule has 0 N–H and O–H groups in total. The third-order valence-corrected chi connectivity index (χ3v) is 3.12. The summed E-state index contributed by atoms with van der Waals surface area (Å²) in [4.78, 5) is 22.0. The first-order chi connectivity index (χ1) is 10.4. The van der Waals surface area contributed by atoms with E-state index in [0.717, 1.165) is 36.4 Å². The first kappa shape index (κ1) is 15.8. The van der Waals surface area contributed by atoms with Crippen molar-refractivity contribution in [2.75, 3.05) is 0 Å². The summed E-state index contributed by atoms with van der Waals surface area (Å²) in [7, 11) is 0. The lowest BCUT2D eigenvalue weighted by molar-refractivity contribution is -0.384. The average molecular weight is 324 g/mol. The minimum atomic E-state index is -0.713. The van der Waals surface area contributed by atoms with Gasteiger partial charge in [0, 0.05) is 17.2 Å². The van der Waals surface area contributed by atoms with Gasteiger partial charge in [-0.1, -0.05) is 11.6 Å². The minimum absolute atomic E-state index is 0.0177. The molecule has 0 aliphatic carbocycles. The smallest absolute Gasteiger partial charge is 0.288 e. The monoisotopic (exact) mass is 323 g/mol. The van der Waals surface area contributed by atoms with Crippen molar-refractivity contribution >= 4 is 29.1 Å². The quantitative estimate of drug-likeness (QED) is 0.362. The van der Waals surface area contributed by atoms with Crippen LogP contribution in [-0.4, -0.2) is 10.7 Å². The van der Waals surface area contributed by atoms with E-state index in [-0.39, 0.29) is 16.1 Å². The Morgan fingerprint density at radius 1 is 1.18 bits per heavy atom. The van der Waals surface area contributed by atoms with Crippen LogP contribution >= 0.6 is 11.6 Å². The van der Waals surface area contributed by atoms with Crippen LogP contribution in [0.15, 0.2) is 42.5 Å². The summed E-state index contributed by atoms with van der Waals surface area (Å²) < 4.78 is 26.4. The molecule has 0 atom stereocenters. The van der Waals surface area contributed by atoms with Crippen molar-refractivity contribution in [3.63, 3.8) is 0 Å². The molecule has 0 aromatic heterocycles. The van der Waals surface area contributed by atoms with Crippen molar-refractivity contribution in [1.82, 2.24) is 0 Å². The van der Waals surface area contributed by atoms with Crippen LogP contribution in [0, 0.1) is 21.7 Å². The highest BCUT2D eigenvalue weighted by molar-refractivity contribution is 6.32. The molecule has 0 saturated heterocycles. The molecule has 22 heavy (non-hydrogen) atoms. The fourth-order valence-electron chi connectivity index (χ4n) is 1.71. The summed E-state index contributed by atoms with van der Waals surface area (Å²) in [6.45, 7) is 0. The molecule has 0 spiro atoms. The van der Waals surface area contributed by atoms with Crippen molar-refractivity contribution in [1.29, 1.82) is 0 Å². The molecule has 2 aromatic rings. The molecule has 0 bridgehead atoms. The lowest BCUT2D eigenvalue weighted by Crippen LogP contribution is -1.97. The first-order valence-electron chi connectivity index (χ1n) is 6.00. The van der Waals surface area contributed by atoms with Crippen molar-refractivity contribution in [2.24, 2.45) is 0 Å². The third-order valence-electron chi connectivity index (χ3n) is 2.80. The Balaban J connectivity index is 2.29. The Hall–Kier alpha value is -2.60. The minimum Gasteiger partial charge on any atom is -0.289 e. The number of ketones is 1. The summed E-state index contributed by atoms with van der Waals surface area (Å²) in [6, 6.07) is 6.39. The number of hydrogen-bond acceptors (Lipinski definition) is 3. The molecule has 7 heteroatoms. The van der Waals surface area contributed by atoms with Crippen LogP contribution in [0.3, 0.4) is 0 Å². The molecule has 0 saturated carbocycles. The largest absolute Gasteiger partial charge is 0.289 e. The molecule has 112 valence electrons. The van der Waals surface area contributed by atoms with Gasteiger partial charge in [0.25, 0.3) is 5.69 Å². The zero-order chi connectivity index (χ0) is 16.3. The van der Waals surface area contributed by atoms with Crippen LogP contribution in [0.2, 0.25) is 5.02 Å². The topological polar surface area (TPSA) is 60.2 Å². The normalized spacial score (nSPS) is 10.9. The number of halogens is 3. The second kappa shape index (κ2) is 6.44. The van der Waals surface area contributed by atoms with E-state index in [0.29, 0.717) is 0 Å². The van der Waals surface area contributed by atoms with E-state index >= 15 is 0 Å². The zero-order valence-electron chi connectivity index (χ0n) is 10.9. The van der Waals surface area contributed by atoms with Crippen molar-refractivity contribution in [3.05, 3.63) is 80.4 Å². The fraction of sp³-hybridized carbons (Fsp3) is 0. The zero-order valence-corrected chi connectivity index (χ0v) is 11.7. The van der Waals surface area contributed by atoms with Gasteiger partial charge in [0.2, 0.25) is 0 Å². The van der Waals surface area contributed by atoms with Gasteiger partial charge in [0.15, 0.2) is 5.78 Å². The van der Waals surface area contributed by atoms with Crippen molar-refractivity contribution in [3.8, 4) is 0 Å². The molecule has 2 rings (SSSR count). The standard InChI is InChI=1S/C15H8ClF2NO3/c16-12-4-1-10(8-14(12)19(21)22)15(20)6-2-9-7-11(17)3-5-13(9)18/h1-8H/b6-2+. The molecule has 0 heterocycles. The molecule has 0 aliphatic rings. The van der Waals surface area contributed by atoms with Gasteiger partial charge in [0.05, 0.1) is 4.92 Å². The molecule has 0 radical (unpaired) electrons. The van der Waals surface area contributed by atoms with Gasteiger partial charge in [-0.15, -0.1) is 0 Å². The molecule has 0 aliphatic heterocycles. The van der Waals surface area contributed by atoms with E-state index in [2.05, 4.69) is 0 Å². The van der Waals surface area contributed by atoms with Crippen LogP contribution in [0.5, 0.6) is 0 Å². The SMILES string of the molecule is O=C(/C=C/c1cc(F)ccc1F)c1ccc(Cl)c([N+](=O)[O-])c1. The lowest BCUT2D eigenvalue weighted by atomic mass is 10.1. The number of allylic oxidation sites excluding steroid dienone is 1. The number of nitro benzene ring substituents is 1. The Labute approximate surface area is 128 Å². The maximum absolute atomic E-state index is 13.4. The lowest BCUT2D eigenvalue weighted by Gasteiger charge is -1.99. The molecule has 2 aromatic carbocycles. The van der Waals surface area contributed by atoms with E-state index < -0.39 is 28.0 Å². The summed E-state index contributed by atoms with van der Waals surface area (Å²) in [6.07, 6.45) is 2.10. The van der Waals surface area contributed by atoms with Gasteiger partial charge in [-0.05, 0) is 42.5 Å². The number of carbonyl (C=O) groups excluding carboxylic acids is 1. The van der Waals surface area contributed by atoms with Crippen molar-refractivity contribution in [2.45, 2.75) is 0 Å². The van der Waals surface area contributed by atoms with Crippen LogP contribution in [0.4, 0.5) is 14.5 Å². The summed E-state index contributed by atoms with van der Waals surface area (Å²) >= 11 is 5.64. The predicted molar refractivity (Wildman–Crippen MR) is 77.8 cm³/mol. The van der Waals surface area contributed by atoms with E-state index in [1.807, 2.05) is 0 Å². The molecule has 0 unspecified atom stereocenters. The van der Waals surface area contributed by atoms with Gasteiger partial charge in [-0.2, -0.15) is 0 Å². The number of carbonyl (C=O) groups is 1. The first-order valence-corrected chi connectivity index (χ1v) is 6.37. The molecule has 0 amide bonds. The van der Waals surface area contributed by atoms with Crippen LogP contribution in [0.1, 0.15) is 15.9 Å². The fourth-order valence-corrected chi connectivity index (χ4v) is 1.90. The number of hydrogen-bond donors (Lipinski definition) is 0. The van der Waals surface area contributed by atoms with Gasteiger partial charge >= 0.3 is 0 Å². The van der Waals surface area contributed by atoms with Crippen LogP contribution in [-0.2, 0) is 0 Å². The molecular formula is C15H8ClF2NO3. The Morgan fingerprint density at radius 3 is 2.59 bits per heavy atom. The second-order valence-electron chi connectivity index (χ2n) is 4.29. The van der Waals surface area contributed by atoms with E-state index in [1.54, 1.807) is 0 Å². The van der Waals surface area contributed by atoms with Gasteiger partial charge in [-0.3, -0.25) is 14.9 Å². The predicted octanol–water partition coefficient (Wildman–Crippen LogP) is 4.42. The number of nitrogens with zero attached hydrogens (tertiary/aromatic N) is 1. The third kappa shape index (κ3) is 3.53. The van der Waals surface area contributed by atoms with Gasteiger partial charge in [-0.25, -0.2) is 8.78 Å². The number of rotatable bonds is 4. The van der Waals surface area contributed by atoms with E-state index in [9.17, 15) is 23.7 Å². The maximum atomic E-state index is 13.4.